The number of aliphatic hydroxyl groups excluding tert-OH is 2. The molecule has 138 valence electrons. The van der Waals surface area contributed by atoms with Crippen LogP contribution in [0.25, 0.3) is 10.9 Å². The molecule has 0 radical (unpaired) electrons. The summed E-state index contributed by atoms with van der Waals surface area (Å²) in [6.07, 6.45) is 2.04. The molecule has 25 heavy (non-hydrogen) atoms. The number of rotatable bonds is 4. The standard InChI is InChI=1S/C17H22FN3O3.ClH/c1-10-5-11(18)6-13-16(10)20-9-21(17(13)24)8-12(22)7-14-15(23)3-2-4-19-14;/h5-6,9,12,14-15,19,22-23H,2-4,7-8H2,1H3;1H/t12-,14+,15-;/m0./s1. The SMILES string of the molecule is Cc1cc(F)cc2c(=O)n(C[C@@H](O)C[C@H]3NCCC[C@@H]3O)cnc12.Cl. The molecule has 3 atom stereocenters. The summed E-state index contributed by atoms with van der Waals surface area (Å²) < 4.78 is 14.9. The van der Waals surface area contributed by atoms with E-state index in [9.17, 15) is 19.4 Å². The van der Waals surface area contributed by atoms with E-state index >= 15 is 0 Å². The summed E-state index contributed by atoms with van der Waals surface area (Å²) in [7, 11) is 0. The Morgan fingerprint density at radius 2 is 2.24 bits per heavy atom. The zero-order chi connectivity index (χ0) is 17.3. The second-order valence-electron chi connectivity index (χ2n) is 6.48. The number of hydrogen-bond acceptors (Lipinski definition) is 5. The number of fused-ring (bicyclic) bond motifs is 1. The van der Waals surface area contributed by atoms with Crippen molar-refractivity contribution in [3.63, 3.8) is 0 Å². The minimum Gasteiger partial charge on any atom is -0.392 e. The minimum absolute atomic E-state index is 0. The Labute approximate surface area is 151 Å². The summed E-state index contributed by atoms with van der Waals surface area (Å²) in [6, 6.07) is 2.33. The van der Waals surface area contributed by atoms with E-state index in [1.165, 1.54) is 23.0 Å². The second kappa shape index (κ2) is 8.23. The van der Waals surface area contributed by atoms with Gasteiger partial charge in [-0.05, 0) is 50.4 Å². The molecule has 1 aromatic heterocycles. The molecule has 0 amide bonds. The molecule has 0 spiro atoms. The summed E-state index contributed by atoms with van der Waals surface area (Å²) >= 11 is 0. The van der Waals surface area contributed by atoms with Gasteiger partial charge in [-0.1, -0.05) is 0 Å². The predicted octanol–water partition coefficient (Wildman–Crippen LogP) is 1.13. The molecule has 0 unspecified atom stereocenters. The molecule has 3 N–H and O–H groups in total. The summed E-state index contributed by atoms with van der Waals surface area (Å²) in [5.41, 5.74) is 0.694. The zero-order valence-corrected chi connectivity index (χ0v) is 14.8. The van der Waals surface area contributed by atoms with Gasteiger partial charge in [0.1, 0.15) is 5.82 Å². The highest BCUT2D eigenvalue weighted by molar-refractivity contribution is 5.85. The van der Waals surface area contributed by atoms with Crippen LogP contribution in [0.5, 0.6) is 0 Å². The number of aryl methyl sites for hydroxylation is 1. The minimum atomic E-state index is -0.804. The van der Waals surface area contributed by atoms with E-state index in [-0.39, 0.29) is 35.9 Å². The van der Waals surface area contributed by atoms with E-state index in [1.807, 2.05) is 0 Å². The number of aliphatic hydroxyl groups is 2. The lowest BCUT2D eigenvalue weighted by atomic mass is 9.96. The van der Waals surface area contributed by atoms with Gasteiger partial charge < -0.3 is 15.5 Å². The number of halogens is 2. The van der Waals surface area contributed by atoms with Crippen LogP contribution >= 0.6 is 12.4 Å². The van der Waals surface area contributed by atoms with E-state index in [0.29, 0.717) is 23.9 Å². The van der Waals surface area contributed by atoms with Crippen LogP contribution in [0.4, 0.5) is 4.39 Å². The molecule has 1 aliphatic rings. The number of hydrogen-bond donors (Lipinski definition) is 3. The lowest BCUT2D eigenvalue weighted by Crippen LogP contribution is -2.47. The van der Waals surface area contributed by atoms with Crippen LogP contribution < -0.4 is 10.9 Å². The first-order valence-electron chi connectivity index (χ1n) is 8.20. The van der Waals surface area contributed by atoms with Crippen molar-refractivity contribution in [2.45, 2.75) is 51.0 Å². The van der Waals surface area contributed by atoms with E-state index in [2.05, 4.69) is 10.3 Å². The smallest absolute Gasteiger partial charge is 0.261 e. The maximum Gasteiger partial charge on any atom is 0.261 e. The topological polar surface area (TPSA) is 87.4 Å². The van der Waals surface area contributed by atoms with Crippen molar-refractivity contribution < 1.29 is 14.6 Å². The molecule has 0 aliphatic carbocycles. The Bertz CT molecular complexity index is 799. The fraction of sp³-hybridized carbons (Fsp3) is 0.529. The third-order valence-electron chi connectivity index (χ3n) is 4.56. The van der Waals surface area contributed by atoms with Crippen LogP contribution in [0.2, 0.25) is 0 Å². The van der Waals surface area contributed by atoms with Crippen LogP contribution in [-0.4, -0.2) is 44.6 Å². The molecule has 2 heterocycles. The van der Waals surface area contributed by atoms with Gasteiger partial charge >= 0.3 is 0 Å². The largest absolute Gasteiger partial charge is 0.392 e. The quantitative estimate of drug-likeness (QED) is 0.750. The highest BCUT2D eigenvalue weighted by atomic mass is 35.5. The molecular weight excluding hydrogens is 349 g/mol. The van der Waals surface area contributed by atoms with Crippen LogP contribution in [0.15, 0.2) is 23.3 Å². The van der Waals surface area contributed by atoms with Gasteiger partial charge in [-0.15, -0.1) is 12.4 Å². The normalized spacial score (nSPS) is 21.8. The Balaban J connectivity index is 0.00000225. The second-order valence-corrected chi connectivity index (χ2v) is 6.48. The summed E-state index contributed by atoms with van der Waals surface area (Å²) in [5, 5.41) is 23.6. The number of nitrogens with one attached hydrogen (secondary N) is 1. The highest BCUT2D eigenvalue weighted by Gasteiger charge is 2.25. The third-order valence-corrected chi connectivity index (χ3v) is 4.56. The van der Waals surface area contributed by atoms with E-state index in [4.69, 9.17) is 0 Å². The van der Waals surface area contributed by atoms with Crippen molar-refractivity contribution in [1.82, 2.24) is 14.9 Å². The molecular formula is C17H23ClFN3O3. The van der Waals surface area contributed by atoms with Gasteiger partial charge in [-0.2, -0.15) is 0 Å². The first-order valence-corrected chi connectivity index (χ1v) is 8.20. The maximum absolute atomic E-state index is 13.6. The molecule has 1 fully saturated rings. The summed E-state index contributed by atoms with van der Waals surface area (Å²) in [5.74, 6) is -0.480. The lowest BCUT2D eigenvalue weighted by Gasteiger charge is -2.30. The van der Waals surface area contributed by atoms with E-state index in [0.717, 1.165) is 13.0 Å². The van der Waals surface area contributed by atoms with Crippen LogP contribution in [0, 0.1) is 12.7 Å². The number of piperidine rings is 1. The summed E-state index contributed by atoms with van der Waals surface area (Å²) in [6.45, 7) is 2.57. The van der Waals surface area contributed by atoms with Gasteiger partial charge in [0.25, 0.3) is 5.56 Å². The average molecular weight is 372 g/mol. The molecule has 3 rings (SSSR count). The third kappa shape index (κ3) is 4.36. The fourth-order valence-corrected chi connectivity index (χ4v) is 3.31. The Morgan fingerprint density at radius 3 is 2.96 bits per heavy atom. The maximum atomic E-state index is 13.6. The van der Waals surface area contributed by atoms with Crippen LogP contribution in [-0.2, 0) is 6.54 Å². The molecule has 0 bridgehead atoms. The number of benzene rings is 1. The first-order chi connectivity index (χ1) is 11.5. The van der Waals surface area contributed by atoms with E-state index in [1.54, 1.807) is 6.92 Å². The molecule has 0 saturated carbocycles. The van der Waals surface area contributed by atoms with Crippen LogP contribution in [0.3, 0.4) is 0 Å². The van der Waals surface area contributed by atoms with Gasteiger partial charge in [0, 0.05) is 6.04 Å². The molecule has 1 saturated heterocycles. The van der Waals surface area contributed by atoms with Crippen molar-refractivity contribution in [3.8, 4) is 0 Å². The Kier molecular flexibility index (Phi) is 6.51. The molecule has 1 aliphatic heterocycles. The molecule has 8 heteroatoms. The number of nitrogens with zero attached hydrogens (tertiary/aromatic N) is 2. The molecule has 1 aromatic carbocycles. The zero-order valence-electron chi connectivity index (χ0n) is 14.0. The average Bonchev–Trinajstić information content (AvgIpc) is 2.53. The van der Waals surface area contributed by atoms with Gasteiger partial charge in [0.05, 0.1) is 36.0 Å². The van der Waals surface area contributed by atoms with Gasteiger partial charge in [0.2, 0.25) is 0 Å². The Hall–Kier alpha value is -1.54. The first kappa shape index (κ1) is 19.8. The van der Waals surface area contributed by atoms with Gasteiger partial charge in [0.15, 0.2) is 0 Å². The van der Waals surface area contributed by atoms with Crippen molar-refractivity contribution in [2.75, 3.05) is 6.54 Å². The van der Waals surface area contributed by atoms with Crippen LogP contribution in [0.1, 0.15) is 24.8 Å². The monoisotopic (exact) mass is 371 g/mol. The summed E-state index contributed by atoms with van der Waals surface area (Å²) in [4.78, 5) is 16.7. The van der Waals surface area contributed by atoms with Gasteiger partial charge in [-0.3, -0.25) is 9.36 Å². The lowest BCUT2D eigenvalue weighted by molar-refractivity contribution is 0.0539. The van der Waals surface area contributed by atoms with Crippen molar-refractivity contribution in [1.29, 1.82) is 0 Å². The van der Waals surface area contributed by atoms with Gasteiger partial charge in [-0.25, -0.2) is 9.37 Å². The van der Waals surface area contributed by atoms with Crippen molar-refractivity contribution >= 4 is 23.3 Å². The fourth-order valence-electron chi connectivity index (χ4n) is 3.31. The Morgan fingerprint density at radius 1 is 1.48 bits per heavy atom. The molecule has 6 nitrogen and oxygen atoms in total. The number of aromatic nitrogens is 2. The van der Waals surface area contributed by atoms with Crippen molar-refractivity contribution in [3.05, 3.63) is 40.2 Å². The molecule has 2 aromatic rings. The highest BCUT2D eigenvalue weighted by Crippen LogP contribution is 2.16. The van der Waals surface area contributed by atoms with Crippen molar-refractivity contribution in [2.24, 2.45) is 0 Å². The van der Waals surface area contributed by atoms with E-state index < -0.39 is 18.0 Å². The predicted molar refractivity (Wildman–Crippen MR) is 95.6 cm³/mol.